The number of rotatable bonds is 6. The van der Waals surface area contributed by atoms with E-state index in [2.05, 4.69) is 26.2 Å². The van der Waals surface area contributed by atoms with Crippen LogP contribution < -0.4 is 5.32 Å². The number of hydrogen-bond donors (Lipinski definition) is 1. The number of carbonyl (C=O) groups is 1. The highest BCUT2D eigenvalue weighted by Crippen LogP contribution is 2.44. The Morgan fingerprint density at radius 3 is 2.74 bits per heavy atom. The number of anilines is 1. The molecule has 1 saturated carbocycles. The lowest BCUT2D eigenvalue weighted by Gasteiger charge is -2.11. The van der Waals surface area contributed by atoms with Gasteiger partial charge >= 0.3 is 0 Å². The van der Waals surface area contributed by atoms with Crippen LogP contribution in [0.1, 0.15) is 42.0 Å². The third-order valence-electron chi connectivity index (χ3n) is 3.93. The molecule has 1 aliphatic carbocycles. The Hall–Kier alpha value is -2.05. The number of thioether (sulfide) groups is 1. The third-order valence-corrected chi connectivity index (χ3v) is 5.40. The lowest BCUT2D eigenvalue weighted by molar-refractivity contribution is -0.113. The van der Waals surface area contributed by atoms with Gasteiger partial charge in [0.05, 0.1) is 17.0 Å². The highest BCUT2D eigenvalue weighted by Gasteiger charge is 2.30. The molecule has 0 aliphatic heterocycles. The normalized spacial score (nSPS) is 13.5. The SMILES string of the molecule is N#Cc1c(C2CC2)cc(C(F)F)nc1SCC(=O)Nc1ccc(Br)cc1F. The van der Waals surface area contributed by atoms with E-state index in [-0.39, 0.29) is 27.9 Å². The van der Waals surface area contributed by atoms with E-state index in [0.29, 0.717) is 10.0 Å². The quantitative estimate of drug-likeness (QED) is 0.592. The van der Waals surface area contributed by atoms with Crippen LogP contribution in [0.25, 0.3) is 0 Å². The van der Waals surface area contributed by atoms with Gasteiger partial charge < -0.3 is 5.32 Å². The van der Waals surface area contributed by atoms with Gasteiger partial charge in [-0.1, -0.05) is 27.7 Å². The molecule has 1 amide bonds. The molecule has 0 bridgehead atoms. The predicted octanol–water partition coefficient (Wildman–Crippen LogP) is 5.40. The number of hydrogen-bond acceptors (Lipinski definition) is 4. The molecule has 1 aromatic heterocycles. The molecule has 4 nitrogen and oxygen atoms in total. The summed E-state index contributed by atoms with van der Waals surface area (Å²) in [4.78, 5) is 16.0. The Kier molecular flexibility index (Phi) is 6.07. The Bertz CT molecular complexity index is 929. The van der Waals surface area contributed by atoms with Gasteiger partial charge in [0.15, 0.2) is 0 Å². The molecule has 0 radical (unpaired) electrons. The van der Waals surface area contributed by atoms with Crippen molar-refractivity contribution < 1.29 is 18.0 Å². The summed E-state index contributed by atoms with van der Waals surface area (Å²) >= 11 is 4.01. The number of aromatic nitrogens is 1. The van der Waals surface area contributed by atoms with Gasteiger partial charge in [0, 0.05) is 4.47 Å². The summed E-state index contributed by atoms with van der Waals surface area (Å²) in [5, 5.41) is 11.9. The molecule has 27 heavy (non-hydrogen) atoms. The minimum atomic E-state index is -2.76. The van der Waals surface area contributed by atoms with Crippen molar-refractivity contribution in [3.8, 4) is 6.07 Å². The third kappa shape index (κ3) is 4.82. The number of benzene rings is 1. The summed E-state index contributed by atoms with van der Waals surface area (Å²) in [7, 11) is 0. The molecule has 2 aromatic rings. The van der Waals surface area contributed by atoms with Gasteiger partial charge in [-0.25, -0.2) is 18.2 Å². The minimum absolute atomic E-state index is 0.0114. The average molecular weight is 456 g/mol. The van der Waals surface area contributed by atoms with Gasteiger partial charge in [-0.05, 0) is 48.6 Å². The van der Waals surface area contributed by atoms with Crippen LogP contribution in [-0.2, 0) is 4.79 Å². The molecule has 1 N–H and O–H groups in total. The first-order valence-corrected chi connectivity index (χ1v) is 9.77. The van der Waals surface area contributed by atoms with Crippen molar-refractivity contribution >= 4 is 39.3 Å². The van der Waals surface area contributed by atoms with E-state index >= 15 is 0 Å². The molecule has 0 atom stereocenters. The topological polar surface area (TPSA) is 65.8 Å². The number of nitrogens with one attached hydrogen (secondary N) is 1. The first kappa shape index (κ1) is 19.7. The van der Waals surface area contributed by atoms with Crippen LogP contribution in [0.2, 0.25) is 0 Å². The van der Waals surface area contributed by atoms with E-state index in [1.54, 1.807) is 6.07 Å². The van der Waals surface area contributed by atoms with Crippen LogP contribution in [0.15, 0.2) is 33.8 Å². The van der Waals surface area contributed by atoms with Crippen LogP contribution in [-0.4, -0.2) is 16.6 Å². The second-order valence-corrected chi connectivity index (χ2v) is 7.84. The summed E-state index contributed by atoms with van der Waals surface area (Å²) in [5.74, 6) is -1.23. The highest BCUT2D eigenvalue weighted by molar-refractivity contribution is 9.10. The highest BCUT2D eigenvalue weighted by atomic mass is 79.9. The van der Waals surface area contributed by atoms with Gasteiger partial charge in [-0.15, -0.1) is 0 Å². The molecule has 3 rings (SSSR count). The molecule has 1 aliphatic rings. The molecule has 0 unspecified atom stereocenters. The number of carbonyl (C=O) groups excluding carboxylic acids is 1. The van der Waals surface area contributed by atoms with E-state index in [0.717, 1.165) is 24.6 Å². The van der Waals surface area contributed by atoms with Crippen molar-refractivity contribution in [3.63, 3.8) is 0 Å². The lowest BCUT2D eigenvalue weighted by atomic mass is 10.1. The summed E-state index contributed by atoms with van der Waals surface area (Å²) in [6.07, 6.45) is -1.08. The van der Waals surface area contributed by atoms with E-state index in [4.69, 9.17) is 0 Å². The molecule has 1 heterocycles. The predicted molar refractivity (Wildman–Crippen MR) is 99.3 cm³/mol. The fourth-order valence-corrected chi connectivity index (χ4v) is 3.67. The Labute approximate surface area is 166 Å². The smallest absolute Gasteiger partial charge is 0.280 e. The summed E-state index contributed by atoms with van der Waals surface area (Å²) in [6, 6.07) is 7.49. The van der Waals surface area contributed by atoms with Crippen molar-refractivity contribution in [3.05, 3.63) is 51.4 Å². The zero-order valence-electron chi connectivity index (χ0n) is 13.8. The fourth-order valence-electron chi connectivity index (χ4n) is 2.52. The largest absolute Gasteiger partial charge is 0.323 e. The Balaban J connectivity index is 1.76. The average Bonchev–Trinajstić information content (AvgIpc) is 3.46. The molecule has 1 fully saturated rings. The van der Waals surface area contributed by atoms with E-state index in [9.17, 15) is 23.2 Å². The van der Waals surface area contributed by atoms with E-state index in [1.807, 2.05) is 6.07 Å². The number of amides is 1. The van der Waals surface area contributed by atoms with Crippen molar-refractivity contribution in [2.24, 2.45) is 0 Å². The minimum Gasteiger partial charge on any atom is -0.323 e. The van der Waals surface area contributed by atoms with Gasteiger partial charge in [0.25, 0.3) is 6.43 Å². The first-order chi connectivity index (χ1) is 12.9. The molecule has 140 valence electrons. The van der Waals surface area contributed by atoms with Crippen LogP contribution in [0.3, 0.4) is 0 Å². The van der Waals surface area contributed by atoms with Crippen molar-refractivity contribution in [2.75, 3.05) is 11.1 Å². The van der Waals surface area contributed by atoms with E-state index < -0.39 is 23.8 Å². The van der Waals surface area contributed by atoms with Gasteiger partial charge in [-0.3, -0.25) is 4.79 Å². The maximum atomic E-state index is 13.8. The maximum Gasteiger partial charge on any atom is 0.280 e. The van der Waals surface area contributed by atoms with Gasteiger partial charge in [0.1, 0.15) is 22.6 Å². The van der Waals surface area contributed by atoms with Gasteiger partial charge in [-0.2, -0.15) is 5.26 Å². The number of alkyl halides is 2. The number of nitriles is 1. The van der Waals surface area contributed by atoms with Crippen LogP contribution in [0.5, 0.6) is 0 Å². The zero-order chi connectivity index (χ0) is 19.6. The van der Waals surface area contributed by atoms with Crippen LogP contribution >= 0.6 is 27.7 Å². The van der Waals surface area contributed by atoms with Crippen molar-refractivity contribution in [1.29, 1.82) is 5.26 Å². The fraction of sp³-hybridized carbons (Fsp3) is 0.278. The Morgan fingerprint density at radius 2 is 2.15 bits per heavy atom. The molecular weight excluding hydrogens is 443 g/mol. The Morgan fingerprint density at radius 1 is 1.41 bits per heavy atom. The number of pyridine rings is 1. The standard InChI is InChI=1S/C18H13BrF3N3OS/c19-10-3-4-14(13(20)5-10)24-16(26)8-27-18-12(7-23)11(9-1-2-9)6-15(25-18)17(21)22/h3-6,9,17H,1-2,8H2,(H,24,26). The second kappa shape index (κ2) is 8.31. The van der Waals surface area contributed by atoms with Gasteiger partial charge in [0.2, 0.25) is 5.91 Å². The zero-order valence-corrected chi connectivity index (χ0v) is 16.2. The summed E-state index contributed by atoms with van der Waals surface area (Å²) < 4.78 is 40.6. The van der Waals surface area contributed by atoms with Crippen LogP contribution in [0.4, 0.5) is 18.9 Å². The van der Waals surface area contributed by atoms with Crippen molar-refractivity contribution in [1.82, 2.24) is 4.98 Å². The summed E-state index contributed by atoms with van der Waals surface area (Å²) in [6.45, 7) is 0. The molecular formula is C18H13BrF3N3OS. The van der Waals surface area contributed by atoms with E-state index in [1.165, 1.54) is 18.2 Å². The second-order valence-electron chi connectivity index (χ2n) is 5.96. The van der Waals surface area contributed by atoms with Crippen molar-refractivity contribution in [2.45, 2.75) is 30.2 Å². The van der Waals surface area contributed by atoms with Crippen LogP contribution in [0, 0.1) is 17.1 Å². The molecule has 1 aromatic carbocycles. The number of nitrogens with zero attached hydrogens (tertiary/aromatic N) is 2. The maximum absolute atomic E-state index is 13.8. The molecule has 9 heteroatoms. The monoisotopic (exact) mass is 455 g/mol. The number of halogens is 4. The summed E-state index contributed by atoms with van der Waals surface area (Å²) in [5.41, 5.74) is 0.397. The lowest BCUT2D eigenvalue weighted by Crippen LogP contribution is -2.15. The molecule has 0 spiro atoms. The first-order valence-electron chi connectivity index (χ1n) is 7.99. The molecule has 0 saturated heterocycles.